The molecule has 0 radical (unpaired) electrons. The number of rotatable bonds is 5. The van der Waals surface area contributed by atoms with Crippen LogP contribution in [0.3, 0.4) is 0 Å². The quantitative estimate of drug-likeness (QED) is 0.789. The number of methoxy groups -OCH3 is 1. The van der Waals surface area contributed by atoms with Crippen molar-refractivity contribution in [3.05, 3.63) is 23.5 Å². The van der Waals surface area contributed by atoms with Crippen molar-refractivity contribution < 1.29 is 9.53 Å². The van der Waals surface area contributed by atoms with Crippen LogP contribution in [0.1, 0.15) is 48.3 Å². The average Bonchev–Trinajstić information content (AvgIpc) is 2.88. The van der Waals surface area contributed by atoms with Crippen molar-refractivity contribution in [1.29, 1.82) is 0 Å². The molecular weight excluding hydrogens is 228 g/mol. The molecule has 1 aliphatic carbocycles. The summed E-state index contributed by atoms with van der Waals surface area (Å²) >= 11 is 0. The van der Waals surface area contributed by atoms with Gasteiger partial charge in [0.2, 0.25) is 0 Å². The second-order valence-electron chi connectivity index (χ2n) is 5.02. The van der Waals surface area contributed by atoms with Crippen LogP contribution in [0.5, 0.6) is 0 Å². The summed E-state index contributed by atoms with van der Waals surface area (Å²) in [5, 5.41) is 3.46. The van der Waals surface area contributed by atoms with E-state index in [0.717, 1.165) is 24.7 Å². The van der Waals surface area contributed by atoms with Gasteiger partial charge in [-0.2, -0.15) is 0 Å². The molecule has 0 atom stereocenters. The van der Waals surface area contributed by atoms with E-state index in [0.29, 0.717) is 5.69 Å². The van der Waals surface area contributed by atoms with Crippen molar-refractivity contribution in [1.82, 2.24) is 10.3 Å². The molecule has 0 unspecified atom stereocenters. The first-order chi connectivity index (χ1) is 8.79. The van der Waals surface area contributed by atoms with E-state index in [-0.39, 0.29) is 5.97 Å². The van der Waals surface area contributed by atoms with Crippen LogP contribution in [0.4, 0.5) is 0 Å². The number of esters is 1. The molecule has 4 nitrogen and oxygen atoms in total. The number of nitrogens with one attached hydrogen (secondary N) is 2. The Kier molecular flexibility index (Phi) is 4.81. The second-order valence-corrected chi connectivity index (χ2v) is 5.02. The molecule has 0 bridgehead atoms. The first-order valence-corrected chi connectivity index (χ1v) is 6.76. The molecule has 1 aromatic heterocycles. The van der Waals surface area contributed by atoms with Gasteiger partial charge in [0.15, 0.2) is 0 Å². The summed E-state index contributed by atoms with van der Waals surface area (Å²) in [6.45, 7) is 1.86. The zero-order chi connectivity index (χ0) is 12.8. The first kappa shape index (κ1) is 13.1. The van der Waals surface area contributed by atoms with Crippen LogP contribution in [-0.4, -0.2) is 24.6 Å². The van der Waals surface area contributed by atoms with Gasteiger partial charge in [-0.3, -0.25) is 0 Å². The topological polar surface area (TPSA) is 54.1 Å². The Morgan fingerprint density at radius 1 is 1.39 bits per heavy atom. The van der Waals surface area contributed by atoms with Gasteiger partial charge in [-0.05, 0) is 37.4 Å². The van der Waals surface area contributed by atoms with Crippen LogP contribution in [0, 0.1) is 5.92 Å². The maximum atomic E-state index is 11.3. The van der Waals surface area contributed by atoms with E-state index < -0.39 is 0 Å². The Labute approximate surface area is 108 Å². The largest absolute Gasteiger partial charge is 0.464 e. The van der Waals surface area contributed by atoms with Crippen LogP contribution >= 0.6 is 0 Å². The molecule has 18 heavy (non-hydrogen) atoms. The molecular formula is C14H22N2O2. The van der Waals surface area contributed by atoms with Gasteiger partial charge in [0.25, 0.3) is 0 Å². The monoisotopic (exact) mass is 250 g/mol. The highest BCUT2D eigenvalue weighted by molar-refractivity contribution is 5.87. The highest BCUT2D eigenvalue weighted by atomic mass is 16.5. The highest BCUT2D eigenvalue weighted by Crippen LogP contribution is 2.22. The van der Waals surface area contributed by atoms with E-state index in [1.165, 1.54) is 39.2 Å². The Hall–Kier alpha value is -1.29. The predicted molar refractivity (Wildman–Crippen MR) is 70.4 cm³/mol. The minimum Gasteiger partial charge on any atom is -0.464 e. The normalized spacial score (nSPS) is 16.7. The third kappa shape index (κ3) is 3.60. The zero-order valence-corrected chi connectivity index (χ0v) is 11.0. The number of aromatic amines is 1. The van der Waals surface area contributed by atoms with Gasteiger partial charge in [0, 0.05) is 12.2 Å². The Balaban J connectivity index is 1.72. The molecule has 0 spiro atoms. The van der Waals surface area contributed by atoms with Gasteiger partial charge >= 0.3 is 5.97 Å². The number of carbonyl (C=O) groups excluding carboxylic acids is 1. The van der Waals surface area contributed by atoms with Gasteiger partial charge in [-0.1, -0.05) is 19.3 Å². The van der Waals surface area contributed by atoms with Gasteiger partial charge in [0.05, 0.1) is 7.11 Å². The zero-order valence-electron chi connectivity index (χ0n) is 11.0. The van der Waals surface area contributed by atoms with Crippen molar-refractivity contribution in [3.63, 3.8) is 0 Å². The summed E-state index contributed by atoms with van der Waals surface area (Å²) in [7, 11) is 1.39. The third-order valence-corrected chi connectivity index (χ3v) is 3.62. The van der Waals surface area contributed by atoms with Crippen LogP contribution < -0.4 is 5.32 Å². The van der Waals surface area contributed by atoms with Gasteiger partial charge in [-0.15, -0.1) is 0 Å². The van der Waals surface area contributed by atoms with Crippen LogP contribution in [0.25, 0.3) is 0 Å². The number of hydrogen-bond donors (Lipinski definition) is 2. The highest BCUT2D eigenvalue weighted by Gasteiger charge is 2.13. The maximum Gasteiger partial charge on any atom is 0.354 e. The summed E-state index contributed by atoms with van der Waals surface area (Å²) in [6, 6.07) is 3.70. The summed E-state index contributed by atoms with van der Waals surface area (Å²) in [4.78, 5) is 14.3. The number of H-pyrrole nitrogens is 1. The van der Waals surface area contributed by atoms with Crippen molar-refractivity contribution in [3.8, 4) is 0 Å². The fourth-order valence-corrected chi connectivity index (χ4v) is 2.57. The van der Waals surface area contributed by atoms with Crippen molar-refractivity contribution in [2.24, 2.45) is 5.92 Å². The molecule has 0 amide bonds. The molecule has 1 saturated carbocycles. The molecule has 0 aliphatic heterocycles. The fourth-order valence-electron chi connectivity index (χ4n) is 2.57. The van der Waals surface area contributed by atoms with Crippen molar-refractivity contribution in [2.75, 3.05) is 13.7 Å². The van der Waals surface area contributed by atoms with E-state index in [4.69, 9.17) is 0 Å². The van der Waals surface area contributed by atoms with Crippen molar-refractivity contribution >= 4 is 5.97 Å². The number of ether oxygens (including phenoxy) is 1. The smallest absolute Gasteiger partial charge is 0.354 e. The Morgan fingerprint density at radius 3 is 2.89 bits per heavy atom. The Morgan fingerprint density at radius 2 is 2.17 bits per heavy atom. The SMILES string of the molecule is COC(=O)c1ccc(CNCC2CCCCC2)[nH]1. The van der Waals surface area contributed by atoms with Crippen LogP contribution in [0.2, 0.25) is 0 Å². The minimum atomic E-state index is -0.312. The second kappa shape index (κ2) is 6.59. The number of aromatic nitrogens is 1. The lowest BCUT2D eigenvalue weighted by Crippen LogP contribution is -2.24. The van der Waals surface area contributed by atoms with E-state index in [1.807, 2.05) is 6.07 Å². The van der Waals surface area contributed by atoms with Gasteiger partial charge < -0.3 is 15.0 Å². The average molecular weight is 250 g/mol. The summed E-state index contributed by atoms with van der Waals surface area (Å²) in [5.41, 5.74) is 1.55. The summed E-state index contributed by atoms with van der Waals surface area (Å²) in [6.07, 6.45) is 6.86. The van der Waals surface area contributed by atoms with Gasteiger partial charge in [0.1, 0.15) is 5.69 Å². The molecule has 1 aromatic rings. The molecule has 1 fully saturated rings. The molecule has 1 heterocycles. The van der Waals surface area contributed by atoms with E-state index in [1.54, 1.807) is 6.07 Å². The lowest BCUT2D eigenvalue weighted by molar-refractivity contribution is 0.0594. The predicted octanol–water partition coefficient (Wildman–Crippen LogP) is 2.47. The molecule has 2 N–H and O–H groups in total. The van der Waals surface area contributed by atoms with E-state index in [9.17, 15) is 4.79 Å². The van der Waals surface area contributed by atoms with E-state index in [2.05, 4.69) is 15.0 Å². The molecule has 0 aromatic carbocycles. The van der Waals surface area contributed by atoms with Gasteiger partial charge in [-0.25, -0.2) is 4.79 Å². The lowest BCUT2D eigenvalue weighted by atomic mass is 9.89. The summed E-state index contributed by atoms with van der Waals surface area (Å²) < 4.78 is 4.66. The third-order valence-electron chi connectivity index (χ3n) is 3.62. The molecule has 4 heteroatoms. The van der Waals surface area contributed by atoms with E-state index >= 15 is 0 Å². The van der Waals surface area contributed by atoms with Crippen LogP contribution in [0.15, 0.2) is 12.1 Å². The lowest BCUT2D eigenvalue weighted by Gasteiger charge is -2.21. The van der Waals surface area contributed by atoms with Crippen molar-refractivity contribution in [2.45, 2.75) is 38.6 Å². The fraction of sp³-hybridized carbons (Fsp3) is 0.643. The summed E-state index contributed by atoms with van der Waals surface area (Å²) in [5.74, 6) is 0.516. The minimum absolute atomic E-state index is 0.312. The number of carbonyl (C=O) groups is 1. The molecule has 1 aliphatic rings. The standard InChI is InChI=1S/C14H22N2O2/c1-18-14(17)13-8-7-12(16-13)10-15-9-11-5-3-2-4-6-11/h7-8,11,15-16H,2-6,9-10H2,1H3. The maximum absolute atomic E-state index is 11.3. The number of hydrogen-bond acceptors (Lipinski definition) is 3. The molecule has 2 rings (SSSR count). The first-order valence-electron chi connectivity index (χ1n) is 6.76. The Bertz CT molecular complexity index is 381. The molecule has 100 valence electrons. The molecule has 0 saturated heterocycles. The van der Waals surface area contributed by atoms with Crippen LogP contribution in [-0.2, 0) is 11.3 Å².